The highest BCUT2D eigenvalue weighted by molar-refractivity contribution is 5.69. The van der Waals surface area contributed by atoms with Gasteiger partial charge in [-0.3, -0.25) is 4.79 Å². The molecular weight excluding hydrogens is 376 g/mol. The average Bonchev–Trinajstić information content (AvgIpc) is 3.24. The van der Waals surface area contributed by atoms with Gasteiger partial charge in [0.25, 0.3) is 5.89 Å². The van der Waals surface area contributed by atoms with Gasteiger partial charge in [0.15, 0.2) is 6.61 Å². The number of rotatable bonds is 10. The zero-order chi connectivity index (χ0) is 20.5. The van der Waals surface area contributed by atoms with Crippen molar-refractivity contribution in [1.82, 2.24) is 10.1 Å². The second-order valence-electron chi connectivity index (χ2n) is 6.00. The summed E-state index contributed by atoms with van der Waals surface area (Å²) in [6.07, 6.45) is 0.784. The molecule has 0 fully saturated rings. The highest BCUT2D eigenvalue weighted by Gasteiger charge is 2.15. The van der Waals surface area contributed by atoms with Crippen molar-refractivity contribution in [1.29, 1.82) is 0 Å². The van der Waals surface area contributed by atoms with Crippen LogP contribution in [0.3, 0.4) is 0 Å². The molecule has 8 nitrogen and oxygen atoms in total. The molecule has 0 aliphatic rings. The number of benzene rings is 2. The first kappa shape index (κ1) is 20.2. The number of nitrogens with zero attached hydrogens (tertiary/aromatic N) is 2. The van der Waals surface area contributed by atoms with Gasteiger partial charge in [0.05, 0.1) is 26.4 Å². The number of carbonyl (C=O) groups is 1. The zero-order valence-electron chi connectivity index (χ0n) is 16.3. The molecule has 0 saturated heterocycles. The van der Waals surface area contributed by atoms with E-state index in [0.717, 1.165) is 5.75 Å². The Bertz CT molecular complexity index is 926. The molecular formula is C21H22N2O6. The second kappa shape index (κ2) is 10.1. The molecule has 0 bridgehead atoms. The van der Waals surface area contributed by atoms with Crippen LogP contribution >= 0.6 is 0 Å². The summed E-state index contributed by atoms with van der Waals surface area (Å²) in [5.74, 6) is 2.15. The Morgan fingerprint density at radius 1 is 1.03 bits per heavy atom. The number of aromatic nitrogens is 2. The van der Waals surface area contributed by atoms with Gasteiger partial charge in [-0.25, -0.2) is 0 Å². The summed E-state index contributed by atoms with van der Waals surface area (Å²) < 4.78 is 26.4. The van der Waals surface area contributed by atoms with Gasteiger partial charge >= 0.3 is 5.97 Å². The quantitative estimate of drug-likeness (QED) is 0.377. The van der Waals surface area contributed by atoms with Crippen LogP contribution < -0.4 is 14.2 Å². The van der Waals surface area contributed by atoms with Crippen LogP contribution in [0.25, 0.3) is 11.4 Å². The van der Waals surface area contributed by atoms with Crippen LogP contribution in [0.2, 0.25) is 0 Å². The molecule has 2 aromatic carbocycles. The van der Waals surface area contributed by atoms with Crippen molar-refractivity contribution in [3.63, 3.8) is 0 Å². The fraction of sp³-hybridized carbons (Fsp3) is 0.286. The molecule has 0 aliphatic carbocycles. The van der Waals surface area contributed by atoms with Crippen LogP contribution in [-0.4, -0.2) is 36.9 Å². The molecule has 0 N–H and O–H groups in total. The minimum atomic E-state index is -0.358. The lowest BCUT2D eigenvalue weighted by Crippen LogP contribution is -2.07. The molecule has 1 heterocycles. The standard InChI is InChI=1S/C21H22N2O6/c1-25-16-10-11-17(18(13-16)26-2)21-22-19(29-23-21)14-28-20(24)9-6-12-27-15-7-4-3-5-8-15/h3-5,7-8,10-11,13H,6,9,12,14H2,1-2H3. The minimum absolute atomic E-state index is 0.0934. The Morgan fingerprint density at radius 3 is 2.62 bits per heavy atom. The molecule has 0 unspecified atom stereocenters. The van der Waals surface area contributed by atoms with E-state index in [1.165, 1.54) is 0 Å². The Hall–Kier alpha value is -3.55. The molecule has 3 aromatic rings. The third-order valence-corrected chi connectivity index (χ3v) is 4.01. The number of hydrogen-bond acceptors (Lipinski definition) is 8. The molecule has 3 rings (SSSR count). The Morgan fingerprint density at radius 2 is 1.86 bits per heavy atom. The van der Waals surface area contributed by atoms with E-state index in [1.807, 2.05) is 30.3 Å². The predicted octanol–water partition coefficient (Wildman–Crippen LogP) is 3.66. The summed E-state index contributed by atoms with van der Waals surface area (Å²) in [6, 6.07) is 14.7. The third-order valence-electron chi connectivity index (χ3n) is 4.01. The van der Waals surface area contributed by atoms with Gasteiger partial charge in [-0.1, -0.05) is 23.4 Å². The van der Waals surface area contributed by atoms with Crippen molar-refractivity contribution in [3.05, 3.63) is 54.4 Å². The van der Waals surface area contributed by atoms with Gasteiger partial charge in [0, 0.05) is 12.5 Å². The lowest BCUT2D eigenvalue weighted by Gasteiger charge is -2.07. The molecule has 152 valence electrons. The van der Waals surface area contributed by atoms with Crippen LogP contribution in [0.15, 0.2) is 53.1 Å². The molecule has 29 heavy (non-hydrogen) atoms. The average molecular weight is 398 g/mol. The van der Waals surface area contributed by atoms with Gasteiger partial charge in [-0.2, -0.15) is 4.98 Å². The molecule has 0 spiro atoms. The number of ether oxygens (including phenoxy) is 4. The highest BCUT2D eigenvalue weighted by atomic mass is 16.6. The number of methoxy groups -OCH3 is 2. The molecule has 0 saturated carbocycles. The predicted molar refractivity (Wildman–Crippen MR) is 104 cm³/mol. The zero-order valence-corrected chi connectivity index (χ0v) is 16.3. The topological polar surface area (TPSA) is 92.9 Å². The van der Waals surface area contributed by atoms with E-state index >= 15 is 0 Å². The Labute approximate surface area is 168 Å². The first-order chi connectivity index (χ1) is 14.2. The molecule has 0 aliphatic heterocycles. The Kier molecular flexibility index (Phi) is 7.05. The Balaban J connectivity index is 1.46. The highest BCUT2D eigenvalue weighted by Crippen LogP contribution is 2.31. The fourth-order valence-electron chi connectivity index (χ4n) is 2.54. The van der Waals surface area contributed by atoms with E-state index in [-0.39, 0.29) is 24.9 Å². The van der Waals surface area contributed by atoms with Crippen LogP contribution in [0.4, 0.5) is 0 Å². The van der Waals surface area contributed by atoms with E-state index in [0.29, 0.717) is 35.9 Å². The number of carbonyl (C=O) groups excluding carboxylic acids is 1. The lowest BCUT2D eigenvalue weighted by atomic mass is 10.2. The third kappa shape index (κ3) is 5.71. The van der Waals surface area contributed by atoms with Crippen molar-refractivity contribution in [2.24, 2.45) is 0 Å². The molecule has 0 atom stereocenters. The van der Waals surface area contributed by atoms with Crippen molar-refractivity contribution in [2.45, 2.75) is 19.4 Å². The van der Waals surface area contributed by atoms with E-state index in [9.17, 15) is 4.79 Å². The van der Waals surface area contributed by atoms with Crippen LogP contribution in [-0.2, 0) is 16.1 Å². The lowest BCUT2D eigenvalue weighted by molar-refractivity contribution is -0.146. The largest absolute Gasteiger partial charge is 0.497 e. The van der Waals surface area contributed by atoms with Crippen LogP contribution in [0.5, 0.6) is 17.2 Å². The molecule has 0 radical (unpaired) electrons. The number of esters is 1. The maximum Gasteiger partial charge on any atom is 0.306 e. The van der Waals surface area contributed by atoms with Gasteiger partial charge in [-0.05, 0) is 30.7 Å². The summed E-state index contributed by atoms with van der Waals surface area (Å²) in [4.78, 5) is 16.1. The number of hydrogen-bond donors (Lipinski definition) is 0. The van der Waals surface area contributed by atoms with E-state index < -0.39 is 0 Å². The van der Waals surface area contributed by atoms with Crippen molar-refractivity contribution in [2.75, 3.05) is 20.8 Å². The van der Waals surface area contributed by atoms with Crippen LogP contribution in [0.1, 0.15) is 18.7 Å². The van der Waals surface area contributed by atoms with E-state index in [1.54, 1.807) is 32.4 Å². The van der Waals surface area contributed by atoms with Gasteiger partial charge < -0.3 is 23.5 Å². The van der Waals surface area contributed by atoms with E-state index in [4.69, 9.17) is 23.5 Å². The number of para-hydroxylation sites is 1. The maximum absolute atomic E-state index is 11.9. The summed E-state index contributed by atoms with van der Waals surface area (Å²) in [7, 11) is 3.12. The maximum atomic E-state index is 11.9. The van der Waals surface area contributed by atoms with Gasteiger partial charge in [0.2, 0.25) is 5.82 Å². The van der Waals surface area contributed by atoms with Crippen LogP contribution in [0, 0.1) is 0 Å². The van der Waals surface area contributed by atoms with Crippen molar-refractivity contribution >= 4 is 5.97 Å². The monoisotopic (exact) mass is 398 g/mol. The molecule has 8 heteroatoms. The summed E-state index contributed by atoms with van der Waals surface area (Å²) >= 11 is 0. The van der Waals surface area contributed by atoms with Crippen molar-refractivity contribution < 1.29 is 28.3 Å². The smallest absolute Gasteiger partial charge is 0.306 e. The first-order valence-electron chi connectivity index (χ1n) is 9.08. The minimum Gasteiger partial charge on any atom is -0.497 e. The molecule has 1 aromatic heterocycles. The van der Waals surface area contributed by atoms with E-state index in [2.05, 4.69) is 10.1 Å². The first-order valence-corrected chi connectivity index (χ1v) is 9.08. The second-order valence-corrected chi connectivity index (χ2v) is 6.00. The van der Waals surface area contributed by atoms with Gasteiger partial charge in [0.1, 0.15) is 17.2 Å². The summed E-state index contributed by atoms with van der Waals surface area (Å²) in [5.41, 5.74) is 0.646. The molecule has 0 amide bonds. The van der Waals surface area contributed by atoms with Crippen molar-refractivity contribution in [3.8, 4) is 28.6 Å². The van der Waals surface area contributed by atoms with Gasteiger partial charge in [-0.15, -0.1) is 0 Å². The normalized spacial score (nSPS) is 10.4. The fourth-order valence-corrected chi connectivity index (χ4v) is 2.54. The summed E-state index contributed by atoms with van der Waals surface area (Å²) in [5, 5.41) is 3.92. The summed E-state index contributed by atoms with van der Waals surface area (Å²) in [6.45, 7) is 0.338. The SMILES string of the molecule is COc1ccc(-c2noc(COC(=O)CCCOc3ccccc3)n2)c(OC)c1.